The van der Waals surface area contributed by atoms with Crippen LogP contribution in [0.4, 0.5) is 10.1 Å². The molecule has 2 aromatic rings. The number of nitrogens with zero attached hydrogens (tertiary/aromatic N) is 2. The lowest BCUT2D eigenvalue weighted by Crippen LogP contribution is -2.19. The second-order valence-corrected chi connectivity index (χ2v) is 6.93. The Hall–Kier alpha value is -2.36. The molecular formula is C19H21FN2O. The highest BCUT2D eigenvalue weighted by molar-refractivity contribution is 5.93. The molecule has 0 radical (unpaired) electrons. The highest BCUT2D eigenvalue weighted by Gasteiger charge is 2.34. The molecule has 0 aromatic heterocycles. The van der Waals surface area contributed by atoms with Crippen molar-refractivity contribution < 1.29 is 9.50 Å². The molecule has 1 N–H and O–H groups in total. The summed E-state index contributed by atoms with van der Waals surface area (Å²) < 4.78 is 13.6. The van der Waals surface area contributed by atoms with Crippen LogP contribution in [-0.4, -0.2) is 10.8 Å². The fourth-order valence-corrected chi connectivity index (χ4v) is 2.78. The van der Waals surface area contributed by atoms with E-state index in [4.69, 9.17) is 5.10 Å². The first-order valence-electron chi connectivity index (χ1n) is 7.76. The van der Waals surface area contributed by atoms with Gasteiger partial charge < -0.3 is 5.11 Å². The molecule has 0 aliphatic carbocycles. The van der Waals surface area contributed by atoms with E-state index in [-0.39, 0.29) is 23.0 Å². The van der Waals surface area contributed by atoms with Crippen LogP contribution in [-0.2, 0) is 0 Å². The Morgan fingerprint density at radius 1 is 1.13 bits per heavy atom. The zero-order chi connectivity index (χ0) is 16.6. The largest absolute Gasteiger partial charge is 0.508 e. The van der Waals surface area contributed by atoms with Gasteiger partial charge in [0.2, 0.25) is 0 Å². The maximum atomic E-state index is 13.6. The van der Waals surface area contributed by atoms with Crippen LogP contribution < -0.4 is 5.01 Å². The summed E-state index contributed by atoms with van der Waals surface area (Å²) in [5.41, 5.74) is 2.83. The predicted molar refractivity (Wildman–Crippen MR) is 91.2 cm³/mol. The fourth-order valence-electron chi connectivity index (χ4n) is 2.78. The minimum absolute atomic E-state index is 0.00613. The molecular weight excluding hydrogens is 291 g/mol. The Kier molecular flexibility index (Phi) is 3.84. The van der Waals surface area contributed by atoms with Crippen molar-refractivity contribution >= 4 is 11.4 Å². The van der Waals surface area contributed by atoms with E-state index in [0.29, 0.717) is 0 Å². The topological polar surface area (TPSA) is 35.8 Å². The number of phenolic OH excluding ortho intramolecular Hbond substituents is 1. The van der Waals surface area contributed by atoms with Gasteiger partial charge in [-0.1, -0.05) is 39.0 Å². The van der Waals surface area contributed by atoms with Crippen LogP contribution in [0.3, 0.4) is 0 Å². The van der Waals surface area contributed by atoms with Crippen molar-refractivity contribution in [2.45, 2.75) is 33.2 Å². The lowest BCUT2D eigenvalue weighted by Gasteiger charge is -2.24. The quantitative estimate of drug-likeness (QED) is 0.857. The first-order valence-corrected chi connectivity index (χ1v) is 7.76. The number of benzene rings is 2. The minimum Gasteiger partial charge on any atom is -0.508 e. The SMILES string of the molecule is CC(C)(C)C1=NN(c2cccc(F)c2)C(c2ccc(O)cc2)C1. The summed E-state index contributed by atoms with van der Waals surface area (Å²) in [5.74, 6) is -0.0348. The first kappa shape index (κ1) is 15.5. The third kappa shape index (κ3) is 3.21. The van der Waals surface area contributed by atoms with Crippen LogP contribution in [0, 0.1) is 11.2 Å². The normalized spacial score (nSPS) is 18.2. The number of halogens is 1. The van der Waals surface area contributed by atoms with Gasteiger partial charge in [-0.3, -0.25) is 5.01 Å². The van der Waals surface area contributed by atoms with E-state index in [1.807, 2.05) is 23.2 Å². The van der Waals surface area contributed by atoms with Gasteiger partial charge in [0.05, 0.1) is 11.7 Å². The van der Waals surface area contributed by atoms with Gasteiger partial charge in [-0.15, -0.1) is 0 Å². The molecule has 0 saturated heterocycles. The molecule has 1 atom stereocenters. The second-order valence-electron chi connectivity index (χ2n) is 6.93. The van der Waals surface area contributed by atoms with E-state index < -0.39 is 0 Å². The van der Waals surface area contributed by atoms with Gasteiger partial charge in [0.1, 0.15) is 11.6 Å². The monoisotopic (exact) mass is 312 g/mol. The molecule has 0 amide bonds. The minimum atomic E-state index is -0.272. The fraction of sp³-hybridized carbons (Fsp3) is 0.316. The molecule has 1 unspecified atom stereocenters. The molecule has 0 fully saturated rings. The summed E-state index contributed by atoms with van der Waals surface area (Å²) in [4.78, 5) is 0. The Morgan fingerprint density at radius 2 is 1.83 bits per heavy atom. The zero-order valence-corrected chi connectivity index (χ0v) is 13.6. The molecule has 3 nitrogen and oxygen atoms in total. The lowest BCUT2D eigenvalue weighted by atomic mass is 9.86. The lowest BCUT2D eigenvalue weighted by molar-refractivity contribution is 0.475. The summed E-state index contributed by atoms with van der Waals surface area (Å²) in [7, 11) is 0. The average Bonchev–Trinajstić information content (AvgIpc) is 2.93. The molecule has 1 aliphatic heterocycles. The number of aromatic hydroxyl groups is 1. The summed E-state index contributed by atoms with van der Waals surface area (Å²) in [6, 6.07) is 13.6. The van der Waals surface area contributed by atoms with Crippen LogP contribution in [0.5, 0.6) is 5.75 Å². The Bertz CT molecular complexity index is 732. The third-order valence-electron chi connectivity index (χ3n) is 4.13. The molecule has 2 aromatic carbocycles. The molecule has 1 aliphatic rings. The van der Waals surface area contributed by atoms with Gasteiger partial charge >= 0.3 is 0 Å². The van der Waals surface area contributed by atoms with Gasteiger partial charge in [0, 0.05) is 17.5 Å². The van der Waals surface area contributed by atoms with Crippen molar-refractivity contribution in [2.24, 2.45) is 10.5 Å². The maximum absolute atomic E-state index is 13.6. The van der Waals surface area contributed by atoms with Gasteiger partial charge in [-0.2, -0.15) is 5.10 Å². The van der Waals surface area contributed by atoms with Crippen LogP contribution in [0.25, 0.3) is 0 Å². The van der Waals surface area contributed by atoms with Crippen LogP contribution in [0.1, 0.15) is 38.8 Å². The standard InChI is InChI=1S/C19H21FN2O/c1-19(2,3)18-12-17(13-7-9-16(23)10-8-13)22(21-18)15-6-4-5-14(20)11-15/h4-11,17,23H,12H2,1-3H3. The first-order chi connectivity index (χ1) is 10.8. The maximum Gasteiger partial charge on any atom is 0.125 e. The number of phenols is 1. The second kappa shape index (κ2) is 5.69. The summed E-state index contributed by atoms with van der Waals surface area (Å²) in [5, 5.41) is 16.2. The highest BCUT2D eigenvalue weighted by Crippen LogP contribution is 2.39. The third-order valence-corrected chi connectivity index (χ3v) is 4.13. The smallest absolute Gasteiger partial charge is 0.125 e. The predicted octanol–water partition coefficient (Wildman–Crippen LogP) is 4.88. The van der Waals surface area contributed by atoms with E-state index in [2.05, 4.69) is 20.8 Å². The van der Waals surface area contributed by atoms with E-state index in [0.717, 1.165) is 23.4 Å². The Balaban J connectivity index is 2.02. The number of hydrogen-bond donors (Lipinski definition) is 1. The van der Waals surface area contributed by atoms with Gasteiger partial charge in [-0.25, -0.2) is 4.39 Å². The zero-order valence-electron chi connectivity index (χ0n) is 13.6. The van der Waals surface area contributed by atoms with Crippen molar-refractivity contribution in [3.05, 3.63) is 59.9 Å². The molecule has 120 valence electrons. The van der Waals surface area contributed by atoms with E-state index in [1.54, 1.807) is 18.2 Å². The van der Waals surface area contributed by atoms with Gasteiger partial charge in [0.15, 0.2) is 0 Å². The average molecular weight is 312 g/mol. The molecule has 23 heavy (non-hydrogen) atoms. The van der Waals surface area contributed by atoms with Crippen molar-refractivity contribution in [1.82, 2.24) is 0 Å². The van der Waals surface area contributed by atoms with Crippen LogP contribution >= 0.6 is 0 Å². The van der Waals surface area contributed by atoms with Crippen molar-refractivity contribution in [3.8, 4) is 5.75 Å². The summed E-state index contributed by atoms with van der Waals surface area (Å²) in [6.45, 7) is 6.40. The summed E-state index contributed by atoms with van der Waals surface area (Å²) in [6.07, 6.45) is 0.783. The van der Waals surface area contributed by atoms with E-state index in [9.17, 15) is 9.50 Å². The molecule has 0 saturated carbocycles. The van der Waals surface area contributed by atoms with Crippen molar-refractivity contribution in [3.63, 3.8) is 0 Å². The van der Waals surface area contributed by atoms with E-state index in [1.165, 1.54) is 12.1 Å². The molecule has 0 bridgehead atoms. The number of hydrogen-bond acceptors (Lipinski definition) is 3. The highest BCUT2D eigenvalue weighted by atomic mass is 19.1. The number of anilines is 1. The van der Waals surface area contributed by atoms with Crippen molar-refractivity contribution in [1.29, 1.82) is 0 Å². The Morgan fingerprint density at radius 3 is 2.43 bits per heavy atom. The van der Waals surface area contributed by atoms with Gasteiger partial charge in [-0.05, 0) is 35.9 Å². The van der Waals surface area contributed by atoms with Crippen LogP contribution in [0.15, 0.2) is 53.6 Å². The number of hydrazone groups is 1. The summed E-state index contributed by atoms with van der Waals surface area (Å²) >= 11 is 0. The van der Waals surface area contributed by atoms with Crippen molar-refractivity contribution in [2.75, 3.05) is 5.01 Å². The van der Waals surface area contributed by atoms with Gasteiger partial charge in [0.25, 0.3) is 0 Å². The Labute approximate surface area is 136 Å². The molecule has 0 spiro atoms. The molecule has 1 heterocycles. The van der Waals surface area contributed by atoms with Crippen LogP contribution in [0.2, 0.25) is 0 Å². The molecule has 3 rings (SSSR count). The van der Waals surface area contributed by atoms with E-state index >= 15 is 0 Å². The number of rotatable bonds is 2. The molecule has 4 heteroatoms.